The Balaban J connectivity index is 2.14. The van der Waals surface area contributed by atoms with Crippen LogP contribution in [0.3, 0.4) is 0 Å². The van der Waals surface area contributed by atoms with Crippen molar-refractivity contribution in [3.05, 3.63) is 11.8 Å². The lowest BCUT2D eigenvalue weighted by molar-refractivity contribution is -0.122. The molecule has 0 saturated carbocycles. The molecule has 0 radical (unpaired) electrons. The lowest BCUT2D eigenvalue weighted by Gasteiger charge is -2.11. The molecule has 1 unspecified atom stereocenters. The maximum absolute atomic E-state index is 11.8. The van der Waals surface area contributed by atoms with E-state index >= 15 is 0 Å². The van der Waals surface area contributed by atoms with Crippen molar-refractivity contribution >= 4 is 23.6 Å². The van der Waals surface area contributed by atoms with Crippen LogP contribution in [0.4, 0.5) is 5.82 Å². The average Bonchev–Trinajstić information content (AvgIpc) is 2.87. The van der Waals surface area contributed by atoms with E-state index in [2.05, 4.69) is 15.7 Å². The Hall–Kier alpha value is -2.38. The maximum Gasteiger partial charge on any atom is 0.341 e. The minimum Gasteiger partial charge on any atom is -0.477 e. The summed E-state index contributed by atoms with van der Waals surface area (Å²) in [6, 6.07) is -0.617. The van der Waals surface area contributed by atoms with Gasteiger partial charge in [0.1, 0.15) is 17.4 Å². The molecule has 1 saturated heterocycles. The van der Waals surface area contributed by atoms with Crippen LogP contribution in [0.1, 0.15) is 23.2 Å². The summed E-state index contributed by atoms with van der Waals surface area (Å²) in [6.07, 6.45) is 1.87. The number of nitrogens with zero attached hydrogens (tertiary/aromatic N) is 2. The van der Waals surface area contributed by atoms with Gasteiger partial charge in [0.05, 0.1) is 6.20 Å². The molecule has 1 aromatic heterocycles. The van der Waals surface area contributed by atoms with Crippen molar-refractivity contribution < 1.29 is 19.5 Å². The Labute approximate surface area is 102 Å². The Kier molecular flexibility index (Phi) is 3.00. The van der Waals surface area contributed by atoms with Gasteiger partial charge in [-0.1, -0.05) is 0 Å². The van der Waals surface area contributed by atoms with Crippen molar-refractivity contribution in [1.29, 1.82) is 0 Å². The largest absolute Gasteiger partial charge is 0.477 e. The second kappa shape index (κ2) is 4.47. The number of aromatic nitrogens is 2. The van der Waals surface area contributed by atoms with Crippen molar-refractivity contribution in [2.75, 3.05) is 5.32 Å². The average molecular weight is 252 g/mol. The standard InChI is InChI=1S/C10H12N4O4/c1-14-8(5(4-11-14)10(17)18)13-9(16)6-2-3-7(15)12-6/h4,6H,2-3H2,1H3,(H,12,15)(H,13,16)(H,17,18). The third-order valence-corrected chi connectivity index (χ3v) is 2.72. The van der Waals surface area contributed by atoms with Crippen molar-refractivity contribution in [3.63, 3.8) is 0 Å². The number of aromatic carboxylic acids is 1. The summed E-state index contributed by atoms with van der Waals surface area (Å²) in [5, 5.41) is 17.7. The Morgan fingerprint density at radius 3 is 2.89 bits per heavy atom. The molecule has 1 fully saturated rings. The summed E-state index contributed by atoms with van der Waals surface area (Å²) >= 11 is 0. The predicted molar refractivity (Wildman–Crippen MR) is 60.0 cm³/mol. The van der Waals surface area contributed by atoms with Crippen LogP contribution in [-0.2, 0) is 16.6 Å². The van der Waals surface area contributed by atoms with Gasteiger partial charge in [-0.2, -0.15) is 5.10 Å². The summed E-state index contributed by atoms with van der Waals surface area (Å²) in [5.41, 5.74) is -0.0878. The predicted octanol–water partition coefficient (Wildman–Crippen LogP) is -0.665. The molecule has 2 heterocycles. The molecular weight excluding hydrogens is 240 g/mol. The summed E-state index contributed by atoms with van der Waals surface area (Å²) in [6.45, 7) is 0. The van der Waals surface area contributed by atoms with Crippen LogP contribution in [0.15, 0.2) is 6.20 Å². The molecule has 1 atom stereocenters. The Morgan fingerprint density at radius 2 is 2.33 bits per heavy atom. The first-order chi connectivity index (χ1) is 8.49. The van der Waals surface area contributed by atoms with Crippen LogP contribution in [0, 0.1) is 0 Å². The molecule has 2 rings (SSSR count). The van der Waals surface area contributed by atoms with Crippen molar-refractivity contribution in [2.24, 2.45) is 7.05 Å². The molecule has 3 N–H and O–H groups in total. The zero-order valence-electron chi connectivity index (χ0n) is 9.64. The summed E-state index contributed by atoms with van der Waals surface area (Å²) in [7, 11) is 1.52. The minimum atomic E-state index is -1.17. The van der Waals surface area contributed by atoms with E-state index in [1.165, 1.54) is 11.7 Å². The van der Waals surface area contributed by atoms with Gasteiger partial charge in [0, 0.05) is 13.5 Å². The molecule has 0 aromatic carbocycles. The van der Waals surface area contributed by atoms with Crippen LogP contribution in [-0.4, -0.2) is 38.7 Å². The Bertz CT molecular complexity index is 522. The van der Waals surface area contributed by atoms with Crippen LogP contribution < -0.4 is 10.6 Å². The number of nitrogens with one attached hydrogen (secondary N) is 2. The zero-order chi connectivity index (χ0) is 13.3. The van der Waals surface area contributed by atoms with Crippen LogP contribution >= 0.6 is 0 Å². The molecule has 0 spiro atoms. The van der Waals surface area contributed by atoms with E-state index in [1.807, 2.05) is 0 Å². The van der Waals surface area contributed by atoms with E-state index in [0.29, 0.717) is 12.8 Å². The van der Waals surface area contributed by atoms with Gasteiger partial charge >= 0.3 is 5.97 Å². The molecule has 0 aliphatic carbocycles. The monoisotopic (exact) mass is 252 g/mol. The molecule has 2 amide bonds. The Morgan fingerprint density at radius 1 is 1.61 bits per heavy atom. The van der Waals surface area contributed by atoms with Gasteiger partial charge in [-0.3, -0.25) is 14.3 Å². The molecule has 1 aliphatic rings. The molecule has 1 aromatic rings. The fourth-order valence-corrected chi connectivity index (χ4v) is 1.76. The SMILES string of the molecule is Cn1ncc(C(=O)O)c1NC(=O)C1CCC(=O)N1. The number of carbonyl (C=O) groups is 3. The number of aryl methyl sites for hydroxylation is 1. The van der Waals surface area contributed by atoms with E-state index in [1.54, 1.807) is 0 Å². The number of amides is 2. The van der Waals surface area contributed by atoms with E-state index in [-0.39, 0.29) is 17.3 Å². The second-order valence-electron chi connectivity index (χ2n) is 3.98. The number of hydrogen-bond donors (Lipinski definition) is 3. The molecular formula is C10H12N4O4. The summed E-state index contributed by atoms with van der Waals surface area (Å²) in [4.78, 5) is 33.7. The highest BCUT2D eigenvalue weighted by molar-refractivity contribution is 6.02. The first-order valence-electron chi connectivity index (χ1n) is 5.34. The third kappa shape index (κ3) is 2.17. The van der Waals surface area contributed by atoms with E-state index in [0.717, 1.165) is 6.20 Å². The second-order valence-corrected chi connectivity index (χ2v) is 3.98. The lowest BCUT2D eigenvalue weighted by atomic mass is 10.2. The molecule has 8 heteroatoms. The van der Waals surface area contributed by atoms with E-state index < -0.39 is 17.9 Å². The molecule has 8 nitrogen and oxygen atoms in total. The number of rotatable bonds is 3. The van der Waals surface area contributed by atoms with Gasteiger partial charge in [0.25, 0.3) is 0 Å². The molecule has 0 bridgehead atoms. The number of carboxylic acids is 1. The highest BCUT2D eigenvalue weighted by atomic mass is 16.4. The van der Waals surface area contributed by atoms with Crippen molar-refractivity contribution in [3.8, 4) is 0 Å². The highest BCUT2D eigenvalue weighted by Gasteiger charge is 2.28. The van der Waals surface area contributed by atoms with Gasteiger partial charge in [-0.15, -0.1) is 0 Å². The van der Waals surface area contributed by atoms with Gasteiger partial charge in [-0.25, -0.2) is 4.79 Å². The number of hydrogen-bond acceptors (Lipinski definition) is 4. The fraction of sp³-hybridized carbons (Fsp3) is 0.400. The first kappa shape index (κ1) is 12.1. The highest BCUT2D eigenvalue weighted by Crippen LogP contribution is 2.16. The number of anilines is 1. The minimum absolute atomic E-state index is 0.0878. The summed E-state index contributed by atoms with van der Waals surface area (Å²) < 4.78 is 1.26. The smallest absolute Gasteiger partial charge is 0.341 e. The molecule has 18 heavy (non-hydrogen) atoms. The maximum atomic E-state index is 11.8. The van der Waals surface area contributed by atoms with Gasteiger partial charge in [-0.05, 0) is 6.42 Å². The zero-order valence-corrected chi connectivity index (χ0v) is 9.64. The summed E-state index contributed by atoms with van der Waals surface area (Å²) in [5.74, 6) is -1.69. The van der Waals surface area contributed by atoms with E-state index in [4.69, 9.17) is 5.11 Å². The normalized spacial score (nSPS) is 18.5. The van der Waals surface area contributed by atoms with Gasteiger partial charge < -0.3 is 15.7 Å². The van der Waals surface area contributed by atoms with Gasteiger partial charge in [0.15, 0.2) is 0 Å². The lowest BCUT2D eigenvalue weighted by Crippen LogP contribution is -2.38. The molecule has 1 aliphatic heterocycles. The van der Waals surface area contributed by atoms with Crippen LogP contribution in [0.2, 0.25) is 0 Å². The van der Waals surface area contributed by atoms with Crippen LogP contribution in [0.25, 0.3) is 0 Å². The number of carboxylic acid groups (broad SMARTS) is 1. The fourth-order valence-electron chi connectivity index (χ4n) is 1.76. The quantitative estimate of drug-likeness (QED) is 0.660. The van der Waals surface area contributed by atoms with Crippen molar-refractivity contribution in [2.45, 2.75) is 18.9 Å². The van der Waals surface area contributed by atoms with Crippen LogP contribution in [0.5, 0.6) is 0 Å². The molecule has 96 valence electrons. The van der Waals surface area contributed by atoms with E-state index in [9.17, 15) is 14.4 Å². The van der Waals surface area contributed by atoms with Gasteiger partial charge in [0.2, 0.25) is 11.8 Å². The third-order valence-electron chi connectivity index (χ3n) is 2.72. The first-order valence-corrected chi connectivity index (χ1v) is 5.34. The number of carbonyl (C=O) groups excluding carboxylic acids is 2. The topological polar surface area (TPSA) is 113 Å². The van der Waals surface area contributed by atoms with Crippen molar-refractivity contribution in [1.82, 2.24) is 15.1 Å².